The highest BCUT2D eigenvalue weighted by molar-refractivity contribution is 5.48. The molecule has 1 N–H and O–H groups in total. The van der Waals surface area contributed by atoms with E-state index in [1.165, 1.54) is 16.7 Å². The Morgan fingerprint density at radius 2 is 1.85 bits per heavy atom. The molecule has 1 unspecified atom stereocenters. The van der Waals surface area contributed by atoms with Gasteiger partial charge in [-0.1, -0.05) is 36.4 Å². The van der Waals surface area contributed by atoms with Crippen molar-refractivity contribution in [2.75, 3.05) is 33.0 Å². The van der Waals surface area contributed by atoms with E-state index in [0.29, 0.717) is 12.8 Å². The number of benzene rings is 2. The number of ether oxygens (including phenoxy) is 2. The fourth-order valence-electron chi connectivity index (χ4n) is 4.09. The number of nitrogens with zero attached hydrogens (tertiary/aromatic N) is 2. The molecule has 2 aromatic rings. The van der Waals surface area contributed by atoms with E-state index in [9.17, 15) is 5.11 Å². The van der Waals surface area contributed by atoms with Crippen LogP contribution in [0.4, 0.5) is 0 Å². The number of aliphatic hydroxyl groups excluding tert-OH is 1. The molecule has 0 aliphatic carbocycles. The third kappa shape index (κ3) is 4.10. The van der Waals surface area contributed by atoms with Gasteiger partial charge in [-0.3, -0.25) is 9.80 Å². The highest BCUT2D eigenvalue weighted by atomic mass is 16.7. The van der Waals surface area contributed by atoms with E-state index < -0.39 is 0 Å². The van der Waals surface area contributed by atoms with E-state index >= 15 is 0 Å². The van der Waals surface area contributed by atoms with Crippen LogP contribution in [0.2, 0.25) is 0 Å². The van der Waals surface area contributed by atoms with Gasteiger partial charge in [-0.15, -0.1) is 0 Å². The number of rotatable bonds is 6. The topological polar surface area (TPSA) is 45.2 Å². The lowest BCUT2D eigenvalue weighted by atomic mass is 10.0. The molecule has 0 aromatic heterocycles. The third-order valence-electron chi connectivity index (χ3n) is 5.66. The molecule has 0 spiro atoms. The molecule has 144 valence electrons. The summed E-state index contributed by atoms with van der Waals surface area (Å²) in [4.78, 5) is 4.98. The third-order valence-corrected chi connectivity index (χ3v) is 5.66. The number of para-hydroxylation sites is 1. The average Bonchev–Trinajstić information content (AvgIpc) is 3.16. The number of aliphatic hydroxyl groups is 1. The maximum absolute atomic E-state index is 9.58. The molecule has 1 saturated heterocycles. The molecular formula is C22H28N2O3. The maximum Gasteiger partial charge on any atom is 0.231 e. The molecule has 2 heterocycles. The van der Waals surface area contributed by atoms with Crippen LogP contribution in [-0.2, 0) is 13.1 Å². The lowest BCUT2D eigenvalue weighted by Crippen LogP contribution is -2.52. The lowest BCUT2D eigenvalue weighted by molar-refractivity contribution is 0.0494. The van der Waals surface area contributed by atoms with E-state index in [1.54, 1.807) is 0 Å². The Labute approximate surface area is 161 Å². The monoisotopic (exact) mass is 368 g/mol. The van der Waals surface area contributed by atoms with E-state index in [-0.39, 0.29) is 6.61 Å². The van der Waals surface area contributed by atoms with E-state index in [4.69, 9.17) is 9.47 Å². The summed E-state index contributed by atoms with van der Waals surface area (Å²) in [5.41, 5.74) is 3.89. The Morgan fingerprint density at radius 3 is 2.70 bits per heavy atom. The summed E-state index contributed by atoms with van der Waals surface area (Å²) in [5, 5.41) is 9.58. The van der Waals surface area contributed by atoms with Crippen molar-refractivity contribution in [3.05, 3.63) is 59.2 Å². The van der Waals surface area contributed by atoms with Crippen LogP contribution < -0.4 is 9.47 Å². The summed E-state index contributed by atoms with van der Waals surface area (Å²) in [6, 6.07) is 15.0. The molecule has 27 heavy (non-hydrogen) atoms. The van der Waals surface area contributed by atoms with Gasteiger partial charge >= 0.3 is 0 Å². The van der Waals surface area contributed by atoms with Gasteiger partial charge in [0.2, 0.25) is 6.79 Å². The van der Waals surface area contributed by atoms with Crippen LogP contribution in [0.25, 0.3) is 0 Å². The van der Waals surface area contributed by atoms with Crippen molar-refractivity contribution in [2.24, 2.45) is 0 Å². The van der Waals surface area contributed by atoms with Gasteiger partial charge in [0.1, 0.15) is 0 Å². The summed E-state index contributed by atoms with van der Waals surface area (Å²) in [6.07, 6.45) is 0.800. The van der Waals surface area contributed by atoms with Gasteiger partial charge in [0.25, 0.3) is 0 Å². The molecule has 1 atom stereocenters. The molecule has 5 heteroatoms. The Morgan fingerprint density at radius 1 is 1.00 bits per heavy atom. The first-order valence-corrected chi connectivity index (χ1v) is 9.74. The van der Waals surface area contributed by atoms with Gasteiger partial charge < -0.3 is 14.6 Å². The van der Waals surface area contributed by atoms with Gasteiger partial charge in [-0.05, 0) is 30.5 Å². The van der Waals surface area contributed by atoms with Crippen LogP contribution in [0.1, 0.15) is 23.1 Å². The molecule has 4 rings (SSSR count). The van der Waals surface area contributed by atoms with Gasteiger partial charge in [0.15, 0.2) is 11.5 Å². The van der Waals surface area contributed by atoms with Gasteiger partial charge in [0, 0.05) is 50.9 Å². The fourth-order valence-corrected chi connectivity index (χ4v) is 4.09. The van der Waals surface area contributed by atoms with Gasteiger partial charge in [-0.2, -0.15) is 0 Å². The summed E-state index contributed by atoms with van der Waals surface area (Å²) in [6.45, 7) is 7.48. The molecule has 2 aliphatic rings. The minimum Gasteiger partial charge on any atom is -0.454 e. The zero-order valence-corrected chi connectivity index (χ0v) is 15.9. The molecule has 2 aliphatic heterocycles. The molecule has 0 bridgehead atoms. The van der Waals surface area contributed by atoms with E-state index in [0.717, 1.165) is 50.6 Å². The van der Waals surface area contributed by atoms with Crippen molar-refractivity contribution < 1.29 is 14.6 Å². The molecular weight excluding hydrogens is 340 g/mol. The van der Waals surface area contributed by atoms with Crippen LogP contribution in [0.3, 0.4) is 0 Å². The van der Waals surface area contributed by atoms with E-state index in [2.05, 4.69) is 47.1 Å². The summed E-state index contributed by atoms with van der Waals surface area (Å²) < 4.78 is 11.2. The van der Waals surface area contributed by atoms with Crippen LogP contribution in [0.15, 0.2) is 42.5 Å². The molecule has 0 radical (unpaired) electrons. The Bertz CT molecular complexity index is 780. The Hall–Kier alpha value is -2.08. The summed E-state index contributed by atoms with van der Waals surface area (Å²) >= 11 is 0. The second kappa shape index (κ2) is 8.30. The van der Waals surface area contributed by atoms with Crippen molar-refractivity contribution in [2.45, 2.75) is 32.5 Å². The highest BCUT2D eigenvalue weighted by Crippen LogP contribution is 2.36. The summed E-state index contributed by atoms with van der Waals surface area (Å²) in [5.74, 6) is 1.73. The Kier molecular flexibility index (Phi) is 5.62. The van der Waals surface area contributed by atoms with Crippen LogP contribution in [-0.4, -0.2) is 54.0 Å². The summed E-state index contributed by atoms with van der Waals surface area (Å²) in [7, 11) is 0. The van der Waals surface area contributed by atoms with Gasteiger partial charge in [-0.25, -0.2) is 0 Å². The molecule has 0 amide bonds. The number of aryl methyl sites for hydroxylation is 1. The minimum absolute atomic E-state index is 0.223. The molecule has 5 nitrogen and oxygen atoms in total. The van der Waals surface area contributed by atoms with Crippen molar-refractivity contribution in [3.8, 4) is 11.5 Å². The van der Waals surface area contributed by atoms with E-state index in [1.807, 2.05) is 12.1 Å². The first kappa shape index (κ1) is 18.3. The largest absolute Gasteiger partial charge is 0.454 e. The quantitative estimate of drug-likeness (QED) is 0.850. The molecule has 2 aromatic carbocycles. The zero-order chi connectivity index (χ0) is 18.6. The normalized spacial score (nSPS) is 20.1. The molecule has 0 saturated carbocycles. The second-order valence-corrected chi connectivity index (χ2v) is 7.45. The zero-order valence-electron chi connectivity index (χ0n) is 15.9. The van der Waals surface area contributed by atoms with Crippen molar-refractivity contribution in [3.63, 3.8) is 0 Å². The number of piperazine rings is 1. The lowest BCUT2D eigenvalue weighted by Gasteiger charge is -2.41. The fraction of sp³-hybridized carbons (Fsp3) is 0.455. The van der Waals surface area contributed by atoms with Crippen molar-refractivity contribution in [1.29, 1.82) is 0 Å². The minimum atomic E-state index is 0.223. The second-order valence-electron chi connectivity index (χ2n) is 7.45. The number of hydrogen-bond donors (Lipinski definition) is 1. The van der Waals surface area contributed by atoms with Crippen LogP contribution in [0, 0.1) is 6.92 Å². The van der Waals surface area contributed by atoms with Crippen LogP contribution in [0.5, 0.6) is 11.5 Å². The Balaban J connectivity index is 1.43. The molecule has 1 fully saturated rings. The van der Waals surface area contributed by atoms with Crippen molar-refractivity contribution in [1.82, 2.24) is 9.80 Å². The highest BCUT2D eigenvalue weighted by Gasteiger charge is 2.28. The predicted molar refractivity (Wildman–Crippen MR) is 105 cm³/mol. The maximum atomic E-state index is 9.58. The first-order chi connectivity index (χ1) is 13.2. The van der Waals surface area contributed by atoms with Gasteiger partial charge in [0.05, 0.1) is 0 Å². The number of hydrogen-bond acceptors (Lipinski definition) is 5. The first-order valence-electron chi connectivity index (χ1n) is 9.74. The predicted octanol–water partition coefficient (Wildman–Crippen LogP) is 2.79. The standard InChI is InChI=1S/C22H28N2O3/c1-17-5-2-3-6-18(17)14-24-11-10-23(15-20(24)9-12-25)13-19-7-4-8-21-22(19)27-16-26-21/h2-8,20,25H,9-16H2,1H3. The number of fused-ring (bicyclic) bond motifs is 1. The SMILES string of the molecule is Cc1ccccc1CN1CCN(Cc2cccc3c2OCO3)CC1CCO. The van der Waals surface area contributed by atoms with Crippen molar-refractivity contribution >= 4 is 0 Å². The smallest absolute Gasteiger partial charge is 0.231 e. The van der Waals surface area contributed by atoms with Crippen LogP contribution >= 0.6 is 0 Å². The average molecular weight is 368 g/mol.